The van der Waals surface area contributed by atoms with Gasteiger partial charge < -0.3 is 10.5 Å². The summed E-state index contributed by atoms with van der Waals surface area (Å²) in [6.07, 6.45) is -0.870. The Hall–Kier alpha value is -1.16. The SMILES string of the molecule is COc1c(C(F)F)ccc(C)c1C1(N)CC1. The van der Waals surface area contributed by atoms with Crippen LogP contribution in [0.4, 0.5) is 8.78 Å². The third kappa shape index (κ3) is 1.67. The Labute approximate surface area is 93.4 Å². The third-order valence-corrected chi connectivity index (χ3v) is 3.12. The Balaban J connectivity index is 2.61. The van der Waals surface area contributed by atoms with Gasteiger partial charge in [0.25, 0.3) is 6.43 Å². The first-order chi connectivity index (χ1) is 7.49. The molecule has 1 aromatic rings. The molecule has 0 amide bonds. The van der Waals surface area contributed by atoms with Crippen LogP contribution in [0.3, 0.4) is 0 Å². The van der Waals surface area contributed by atoms with Gasteiger partial charge in [0.15, 0.2) is 0 Å². The summed E-state index contributed by atoms with van der Waals surface area (Å²) in [7, 11) is 1.41. The van der Waals surface area contributed by atoms with E-state index in [0.717, 1.165) is 24.0 Å². The van der Waals surface area contributed by atoms with Gasteiger partial charge in [-0.1, -0.05) is 6.07 Å². The number of hydrogen-bond donors (Lipinski definition) is 1. The first kappa shape index (κ1) is 11.3. The highest BCUT2D eigenvalue weighted by molar-refractivity contribution is 5.52. The van der Waals surface area contributed by atoms with Crippen molar-refractivity contribution in [3.8, 4) is 5.75 Å². The van der Waals surface area contributed by atoms with E-state index >= 15 is 0 Å². The number of methoxy groups -OCH3 is 1. The molecule has 0 radical (unpaired) electrons. The third-order valence-electron chi connectivity index (χ3n) is 3.12. The molecule has 1 aromatic carbocycles. The highest BCUT2D eigenvalue weighted by Crippen LogP contribution is 2.50. The van der Waals surface area contributed by atoms with Crippen LogP contribution in [0.15, 0.2) is 12.1 Å². The van der Waals surface area contributed by atoms with Gasteiger partial charge >= 0.3 is 0 Å². The lowest BCUT2D eigenvalue weighted by molar-refractivity contribution is 0.146. The van der Waals surface area contributed by atoms with Gasteiger partial charge in [0, 0.05) is 11.1 Å². The van der Waals surface area contributed by atoms with Crippen LogP contribution in [0, 0.1) is 6.92 Å². The quantitative estimate of drug-likeness (QED) is 0.861. The summed E-state index contributed by atoms with van der Waals surface area (Å²) in [6.45, 7) is 1.88. The summed E-state index contributed by atoms with van der Waals surface area (Å²) in [5.41, 5.74) is 7.22. The second kappa shape index (κ2) is 3.70. The summed E-state index contributed by atoms with van der Waals surface area (Å²) >= 11 is 0. The van der Waals surface area contributed by atoms with Gasteiger partial charge in [-0.2, -0.15) is 0 Å². The molecule has 88 valence electrons. The molecule has 0 heterocycles. The Kier molecular flexibility index (Phi) is 2.62. The number of nitrogens with two attached hydrogens (primary N) is 1. The maximum Gasteiger partial charge on any atom is 0.267 e. The lowest BCUT2D eigenvalue weighted by Gasteiger charge is -2.20. The number of halogens is 2. The highest BCUT2D eigenvalue weighted by Gasteiger charge is 2.44. The summed E-state index contributed by atoms with van der Waals surface area (Å²) in [5.74, 6) is 0.259. The molecule has 1 aliphatic carbocycles. The van der Waals surface area contributed by atoms with E-state index in [1.165, 1.54) is 13.2 Å². The fraction of sp³-hybridized carbons (Fsp3) is 0.500. The summed E-state index contributed by atoms with van der Waals surface area (Å²) in [5, 5.41) is 0. The van der Waals surface area contributed by atoms with E-state index in [0.29, 0.717) is 0 Å². The van der Waals surface area contributed by atoms with Gasteiger partial charge in [0.2, 0.25) is 0 Å². The smallest absolute Gasteiger partial charge is 0.267 e. The molecule has 0 spiro atoms. The molecule has 0 saturated heterocycles. The second-order valence-corrected chi connectivity index (χ2v) is 4.34. The Morgan fingerprint density at radius 2 is 2.00 bits per heavy atom. The van der Waals surface area contributed by atoms with E-state index in [9.17, 15) is 8.78 Å². The normalized spacial score (nSPS) is 17.6. The maximum atomic E-state index is 12.8. The first-order valence-electron chi connectivity index (χ1n) is 5.24. The summed E-state index contributed by atoms with van der Waals surface area (Å²) < 4.78 is 30.8. The predicted molar refractivity (Wildman–Crippen MR) is 57.8 cm³/mol. The number of rotatable bonds is 3. The van der Waals surface area contributed by atoms with Crippen molar-refractivity contribution in [3.63, 3.8) is 0 Å². The Morgan fingerprint density at radius 3 is 2.44 bits per heavy atom. The fourth-order valence-electron chi connectivity index (χ4n) is 2.09. The molecule has 0 aromatic heterocycles. The molecule has 0 bridgehead atoms. The zero-order chi connectivity index (χ0) is 11.9. The standard InChI is InChI=1S/C12H15F2NO/c1-7-3-4-8(11(13)14)10(16-2)9(7)12(15)5-6-12/h3-4,11H,5-6,15H2,1-2H3. The van der Waals surface area contributed by atoms with E-state index < -0.39 is 12.0 Å². The molecule has 1 fully saturated rings. The fourth-order valence-corrected chi connectivity index (χ4v) is 2.09. The van der Waals surface area contributed by atoms with E-state index in [1.54, 1.807) is 6.07 Å². The van der Waals surface area contributed by atoms with Crippen molar-refractivity contribution in [2.45, 2.75) is 31.7 Å². The highest BCUT2D eigenvalue weighted by atomic mass is 19.3. The molecule has 16 heavy (non-hydrogen) atoms. The first-order valence-corrected chi connectivity index (χ1v) is 5.24. The Morgan fingerprint density at radius 1 is 1.38 bits per heavy atom. The number of aryl methyl sites for hydroxylation is 1. The zero-order valence-electron chi connectivity index (χ0n) is 9.39. The lowest BCUT2D eigenvalue weighted by Crippen LogP contribution is -2.21. The molecule has 0 unspecified atom stereocenters. The van der Waals surface area contributed by atoms with Crippen molar-refractivity contribution in [1.29, 1.82) is 0 Å². The molecule has 0 atom stereocenters. The van der Waals surface area contributed by atoms with Gasteiger partial charge in [0.1, 0.15) is 5.75 Å². The predicted octanol–water partition coefficient (Wildman–Crippen LogP) is 2.89. The van der Waals surface area contributed by atoms with Crippen molar-refractivity contribution in [2.24, 2.45) is 5.73 Å². The molecule has 1 aliphatic rings. The molecule has 2 nitrogen and oxygen atoms in total. The summed E-state index contributed by atoms with van der Waals surface area (Å²) in [6, 6.07) is 3.10. The van der Waals surface area contributed by atoms with E-state index in [-0.39, 0.29) is 11.3 Å². The van der Waals surface area contributed by atoms with Gasteiger partial charge in [-0.05, 0) is 31.4 Å². The largest absolute Gasteiger partial charge is 0.496 e. The van der Waals surface area contributed by atoms with Crippen LogP contribution in [0.25, 0.3) is 0 Å². The van der Waals surface area contributed by atoms with Crippen molar-refractivity contribution in [3.05, 3.63) is 28.8 Å². The van der Waals surface area contributed by atoms with Crippen molar-refractivity contribution in [2.75, 3.05) is 7.11 Å². The molecular weight excluding hydrogens is 212 g/mol. The van der Waals surface area contributed by atoms with Crippen LogP contribution in [0.5, 0.6) is 5.75 Å². The topological polar surface area (TPSA) is 35.2 Å². The van der Waals surface area contributed by atoms with E-state index in [4.69, 9.17) is 10.5 Å². The van der Waals surface area contributed by atoms with Crippen molar-refractivity contribution in [1.82, 2.24) is 0 Å². The van der Waals surface area contributed by atoms with Crippen LogP contribution in [0.1, 0.15) is 36.0 Å². The lowest BCUT2D eigenvalue weighted by atomic mass is 9.95. The van der Waals surface area contributed by atoms with Crippen LogP contribution in [-0.4, -0.2) is 7.11 Å². The summed E-state index contributed by atoms with van der Waals surface area (Å²) in [4.78, 5) is 0. The number of benzene rings is 1. The van der Waals surface area contributed by atoms with Gasteiger partial charge in [-0.3, -0.25) is 0 Å². The Bertz CT molecular complexity index is 414. The van der Waals surface area contributed by atoms with Crippen LogP contribution in [0.2, 0.25) is 0 Å². The van der Waals surface area contributed by atoms with Crippen molar-refractivity contribution < 1.29 is 13.5 Å². The minimum atomic E-state index is -2.53. The monoisotopic (exact) mass is 227 g/mol. The maximum absolute atomic E-state index is 12.8. The average Bonchev–Trinajstić information content (AvgIpc) is 2.95. The molecule has 0 aliphatic heterocycles. The van der Waals surface area contributed by atoms with Gasteiger partial charge in [0.05, 0.1) is 12.7 Å². The molecule has 2 rings (SSSR count). The van der Waals surface area contributed by atoms with Gasteiger partial charge in [-0.25, -0.2) is 8.78 Å². The molecule has 1 saturated carbocycles. The minimum absolute atomic E-state index is 0.0696. The number of hydrogen-bond acceptors (Lipinski definition) is 2. The van der Waals surface area contributed by atoms with E-state index in [1.807, 2.05) is 6.92 Å². The molecule has 2 N–H and O–H groups in total. The number of ether oxygens (including phenoxy) is 1. The van der Waals surface area contributed by atoms with Crippen LogP contribution >= 0.6 is 0 Å². The second-order valence-electron chi connectivity index (χ2n) is 4.34. The van der Waals surface area contributed by atoms with Crippen molar-refractivity contribution >= 4 is 0 Å². The number of alkyl halides is 2. The van der Waals surface area contributed by atoms with Crippen LogP contribution in [-0.2, 0) is 5.54 Å². The van der Waals surface area contributed by atoms with Crippen LogP contribution < -0.4 is 10.5 Å². The molecular formula is C12H15F2NO. The zero-order valence-corrected chi connectivity index (χ0v) is 9.39. The average molecular weight is 227 g/mol. The van der Waals surface area contributed by atoms with Gasteiger partial charge in [-0.15, -0.1) is 0 Å². The minimum Gasteiger partial charge on any atom is -0.496 e. The molecule has 4 heteroatoms. The van der Waals surface area contributed by atoms with E-state index in [2.05, 4.69) is 0 Å².